The van der Waals surface area contributed by atoms with E-state index in [2.05, 4.69) is 0 Å². The molecule has 31 heavy (non-hydrogen) atoms. The van der Waals surface area contributed by atoms with E-state index in [1.807, 2.05) is 0 Å². The van der Waals surface area contributed by atoms with Gasteiger partial charge >= 0.3 is 6.18 Å². The van der Waals surface area contributed by atoms with Crippen molar-refractivity contribution in [1.29, 1.82) is 0 Å². The number of ketones is 3. The summed E-state index contributed by atoms with van der Waals surface area (Å²) in [5.74, 6) is -2.49. The number of carbonyl (C=O) groups excluding carboxylic acids is 3. The number of fused-ring (bicyclic) bond motifs is 1. The second-order valence-corrected chi connectivity index (χ2v) is 7.25. The highest BCUT2D eigenvalue weighted by Crippen LogP contribution is 2.38. The summed E-state index contributed by atoms with van der Waals surface area (Å²) in [5, 5.41) is 0.0579. The molecule has 0 radical (unpaired) electrons. The highest BCUT2D eigenvalue weighted by Gasteiger charge is 2.39. The molecule has 0 saturated carbocycles. The lowest BCUT2D eigenvalue weighted by molar-refractivity contribution is -0.137. The fraction of sp³-hybridized carbons (Fsp3) is 0.0417. The highest BCUT2D eigenvalue weighted by molar-refractivity contribution is 6.50. The van der Waals surface area contributed by atoms with E-state index in [0.717, 1.165) is 12.1 Å². The van der Waals surface area contributed by atoms with Gasteiger partial charge in [0.15, 0.2) is 17.3 Å². The van der Waals surface area contributed by atoms with Crippen LogP contribution in [0, 0.1) is 0 Å². The van der Waals surface area contributed by atoms with Crippen molar-refractivity contribution >= 4 is 34.5 Å². The Balaban J connectivity index is 2.00. The molecular weight excluding hydrogens is 429 g/mol. The van der Waals surface area contributed by atoms with Gasteiger partial charge in [-0.05, 0) is 35.9 Å². The van der Waals surface area contributed by atoms with E-state index < -0.39 is 40.2 Å². The molecule has 154 valence electrons. The quantitative estimate of drug-likeness (QED) is 0.366. The third-order valence-electron chi connectivity index (χ3n) is 4.95. The summed E-state index contributed by atoms with van der Waals surface area (Å²) in [6.07, 6.45) is -4.71. The third-order valence-corrected chi connectivity index (χ3v) is 5.28. The second kappa shape index (κ2) is 7.63. The van der Waals surface area contributed by atoms with Crippen LogP contribution in [0.4, 0.5) is 13.2 Å². The number of hydrogen-bond acceptors (Lipinski definition) is 3. The van der Waals surface area contributed by atoms with Gasteiger partial charge in [0.2, 0.25) is 0 Å². The molecule has 0 aliphatic heterocycles. The number of carbonyl (C=O) groups is 3. The number of rotatable bonds is 3. The van der Waals surface area contributed by atoms with Crippen LogP contribution in [0.25, 0.3) is 5.57 Å². The van der Waals surface area contributed by atoms with Gasteiger partial charge in [-0.2, -0.15) is 13.2 Å². The zero-order chi connectivity index (χ0) is 22.3. The average Bonchev–Trinajstić information content (AvgIpc) is 2.75. The van der Waals surface area contributed by atoms with Crippen molar-refractivity contribution in [2.45, 2.75) is 6.18 Å². The fourth-order valence-corrected chi connectivity index (χ4v) is 3.70. The molecule has 0 atom stereocenters. The first-order chi connectivity index (χ1) is 14.7. The zero-order valence-corrected chi connectivity index (χ0v) is 16.4. The number of halogens is 4. The monoisotopic (exact) mass is 440 g/mol. The molecular formula is C24H12ClF3O3. The maximum atomic E-state index is 13.3. The molecule has 0 bridgehead atoms. The van der Waals surface area contributed by atoms with E-state index in [1.165, 1.54) is 18.2 Å². The van der Waals surface area contributed by atoms with Crippen LogP contribution in [0.3, 0.4) is 0 Å². The maximum absolute atomic E-state index is 13.3. The van der Waals surface area contributed by atoms with Crippen molar-refractivity contribution in [3.8, 4) is 0 Å². The van der Waals surface area contributed by atoms with Crippen LogP contribution in [0.1, 0.15) is 42.2 Å². The van der Waals surface area contributed by atoms with Crippen molar-refractivity contribution in [1.82, 2.24) is 0 Å². The molecule has 0 unspecified atom stereocenters. The molecule has 1 aliphatic rings. The van der Waals surface area contributed by atoms with Crippen LogP contribution in [0.15, 0.2) is 78.4 Å². The number of allylic oxidation sites excluding steroid dienone is 2. The number of hydrogen-bond donors (Lipinski definition) is 0. The molecule has 0 N–H and O–H groups in total. The van der Waals surface area contributed by atoms with Crippen LogP contribution in [-0.4, -0.2) is 17.3 Å². The Hall–Kier alpha value is -3.51. The maximum Gasteiger partial charge on any atom is 0.416 e. The first-order valence-corrected chi connectivity index (χ1v) is 9.47. The molecule has 0 heterocycles. The van der Waals surface area contributed by atoms with Gasteiger partial charge in [0.25, 0.3) is 0 Å². The van der Waals surface area contributed by atoms with Gasteiger partial charge in [-0.3, -0.25) is 14.4 Å². The topological polar surface area (TPSA) is 51.2 Å². The standard InChI is InChI=1S/C24H12ClF3O3/c25-18-9-5-4-8-16(18)22(30)20-19(13-6-2-1-3-7-13)21(29)15-11-10-14(24(26,27)28)12-17(15)23(20)31/h1-12H. The Morgan fingerprint density at radius 1 is 0.774 bits per heavy atom. The summed E-state index contributed by atoms with van der Waals surface area (Å²) < 4.78 is 39.6. The van der Waals surface area contributed by atoms with Crippen molar-refractivity contribution in [3.05, 3.63) is 111 Å². The molecule has 0 fully saturated rings. The minimum Gasteiger partial charge on any atom is -0.289 e. The SMILES string of the molecule is O=C(C1=C(c2ccccc2)C(=O)c2ccc(C(F)(F)F)cc2C1=O)c1ccccc1Cl. The van der Waals surface area contributed by atoms with Crippen LogP contribution in [0.2, 0.25) is 5.02 Å². The molecule has 0 aromatic heterocycles. The molecule has 0 spiro atoms. The van der Waals surface area contributed by atoms with Gasteiger partial charge < -0.3 is 0 Å². The first kappa shape index (κ1) is 20.8. The Morgan fingerprint density at radius 2 is 1.42 bits per heavy atom. The van der Waals surface area contributed by atoms with E-state index in [-0.39, 0.29) is 21.7 Å². The van der Waals surface area contributed by atoms with E-state index in [0.29, 0.717) is 11.6 Å². The van der Waals surface area contributed by atoms with Crippen molar-refractivity contribution in [2.24, 2.45) is 0 Å². The lowest BCUT2D eigenvalue weighted by Crippen LogP contribution is -2.27. The summed E-state index contributed by atoms with van der Waals surface area (Å²) >= 11 is 6.11. The molecule has 0 amide bonds. The Bertz CT molecular complexity index is 1270. The van der Waals surface area contributed by atoms with Gasteiger partial charge in [0, 0.05) is 22.3 Å². The minimum absolute atomic E-state index is 0.0239. The Labute approximate surface area is 179 Å². The Morgan fingerprint density at radius 3 is 2.06 bits per heavy atom. The van der Waals surface area contributed by atoms with E-state index in [4.69, 9.17) is 11.6 Å². The number of benzene rings is 3. The van der Waals surface area contributed by atoms with Crippen LogP contribution >= 0.6 is 11.6 Å². The molecule has 3 aromatic rings. The predicted octanol–water partition coefficient (Wildman–Crippen LogP) is 6.07. The lowest BCUT2D eigenvalue weighted by Gasteiger charge is -2.22. The molecule has 3 aromatic carbocycles. The molecule has 7 heteroatoms. The van der Waals surface area contributed by atoms with Gasteiger partial charge in [0.05, 0.1) is 16.2 Å². The number of Topliss-reactive ketones (excluding diaryl/α,β-unsaturated/α-hetero) is 3. The Kier molecular flexibility index (Phi) is 5.11. The van der Waals surface area contributed by atoms with Gasteiger partial charge in [0.1, 0.15) is 0 Å². The minimum atomic E-state index is -4.71. The lowest BCUT2D eigenvalue weighted by atomic mass is 9.78. The van der Waals surface area contributed by atoms with Crippen molar-refractivity contribution < 1.29 is 27.6 Å². The smallest absolute Gasteiger partial charge is 0.289 e. The van der Waals surface area contributed by atoms with Crippen LogP contribution in [0.5, 0.6) is 0 Å². The van der Waals surface area contributed by atoms with E-state index >= 15 is 0 Å². The summed E-state index contributed by atoms with van der Waals surface area (Å²) in [5.41, 5.74) is -2.12. The summed E-state index contributed by atoms with van der Waals surface area (Å²) in [6.45, 7) is 0. The van der Waals surface area contributed by atoms with E-state index in [1.54, 1.807) is 36.4 Å². The molecule has 3 nitrogen and oxygen atoms in total. The third kappa shape index (κ3) is 3.59. The van der Waals surface area contributed by atoms with Crippen LogP contribution in [-0.2, 0) is 6.18 Å². The molecule has 4 rings (SSSR count). The first-order valence-electron chi connectivity index (χ1n) is 9.09. The predicted molar refractivity (Wildman–Crippen MR) is 109 cm³/mol. The van der Waals surface area contributed by atoms with Gasteiger partial charge in [-0.15, -0.1) is 0 Å². The molecule has 0 saturated heterocycles. The second-order valence-electron chi connectivity index (χ2n) is 6.84. The summed E-state index contributed by atoms with van der Waals surface area (Å²) in [6, 6.07) is 16.3. The zero-order valence-electron chi connectivity index (χ0n) is 15.7. The van der Waals surface area contributed by atoms with Gasteiger partial charge in [-0.1, -0.05) is 54.1 Å². The normalized spacial score (nSPS) is 13.9. The molecule has 1 aliphatic carbocycles. The summed E-state index contributed by atoms with van der Waals surface area (Å²) in [7, 11) is 0. The highest BCUT2D eigenvalue weighted by atomic mass is 35.5. The fourth-order valence-electron chi connectivity index (χ4n) is 3.48. The van der Waals surface area contributed by atoms with Crippen LogP contribution < -0.4 is 0 Å². The van der Waals surface area contributed by atoms with E-state index in [9.17, 15) is 27.6 Å². The number of alkyl halides is 3. The van der Waals surface area contributed by atoms with Crippen molar-refractivity contribution in [2.75, 3.05) is 0 Å². The average molecular weight is 441 g/mol. The summed E-state index contributed by atoms with van der Waals surface area (Å²) in [4.78, 5) is 39.9. The van der Waals surface area contributed by atoms with Crippen molar-refractivity contribution in [3.63, 3.8) is 0 Å². The largest absolute Gasteiger partial charge is 0.416 e. The van der Waals surface area contributed by atoms with Gasteiger partial charge in [-0.25, -0.2) is 0 Å².